The van der Waals surface area contributed by atoms with Gasteiger partial charge in [-0.15, -0.1) is 11.3 Å². The Bertz CT molecular complexity index is 684. The molecule has 1 N–H and O–H groups in total. The van der Waals surface area contributed by atoms with E-state index < -0.39 is 9.84 Å². The first-order chi connectivity index (χ1) is 10.5. The zero-order chi connectivity index (χ0) is 16.0. The van der Waals surface area contributed by atoms with Crippen LogP contribution >= 0.6 is 11.3 Å². The van der Waals surface area contributed by atoms with Crippen LogP contribution in [-0.4, -0.2) is 37.9 Å². The molecule has 0 saturated carbocycles. The largest absolute Gasteiger partial charge is 0.396 e. The number of nitrogens with zero attached hydrogens (tertiary/aromatic N) is 2. The van der Waals surface area contributed by atoms with Crippen LogP contribution < -0.4 is 4.90 Å². The van der Waals surface area contributed by atoms with Crippen molar-refractivity contribution in [2.45, 2.75) is 18.7 Å². The van der Waals surface area contributed by atoms with E-state index in [1.54, 1.807) is 0 Å². The van der Waals surface area contributed by atoms with Crippen molar-refractivity contribution in [1.82, 2.24) is 4.98 Å². The van der Waals surface area contributed by atoms with Gasteiger partial charge in [-0.1, -0.05) is 18.2 Å². The van der Waals surface area contributed by atoms with E-state index in [0.29, 0.717) is 18.0 Å². The van der Waals surface area contributed by atoms with Crippen molar-refractivity contribution >= 4 is 26.9 Å². The zero-order valence-electron chi connectivity index (χ0n) is 12.5. The summed E-state index contributed by atoms with van der Waals surface area (Å²) in [4.78, 5) is 6.54. The number of anilines is 1. The van der Waals surface area contributed by atoms with Crippen LogP contribution in [0.5, 0.6) is 0 Å². The summed E-state index contributed by atoms with van der Waals surface area (Å²) in [7, 11) is -3.06. The number of aromatic nitrogens is 1. The number of para-hydroxylation sites is 1. The summed E-state index contributed by atoms with van der Waals surface area (Å²) >= 11 is 1.37. The first kappa shape index (κ1) is 16.9. The molecule has 0 radical (unpaired) electrons. The van der Waals surface area contributed by atoms with Crippen molar-refractivity contribution in [1.29, 1.82) is 0 Å². The molecule has 22 heavy (non-hydrogen) atoms. The molecule has 1 heterocycles. The number of thiazole rings is 1. The van der Waals surface area contributed by atoms with Crippen LogP contribution in [0.2, 0.25) is 0 Å². The van der Waals surface area contributed by atoms with Crippen LogP contribution in [0.25, 0.3) is 0 Å². The van der Waals surface area contributed by atoms with Gasteiger partial charge in [0.05, 0.1) is 12.2 Å². The topological polar surface area (TPSA) is 70.5 Å². The second-order valence-electron chi connectivity index (χ2n) is 5.14. The Morgan fingerprint density at radius 3 is 2.64 bits per heavy atom. The highest BCUT2D eigenvalue weighted by molar-refractivity contribution is 7.90. The number of sulfone groups is 1. The smallest absolute Gasteiger partial charge is 0.153 e. The highest BCUT2D eigenvalue weighted by Crippen LogP contribution is 2.19. The SMILES string of the molecule is CS(=O)(=O)Cc1nc(CN(CCCO)c2ccccc2)cs1. The van der Waals surface area contributed by atoms with Gasteiger partial charge in [-0.3, -0.25) is 0 Å². The van der Waals surface area contributed by atoms with Crippen LogP contribution in [0.3, 0.4) is 0 Å². The molecule has 5 nitrogen and oxygen atoms in total. The van der Waals surface area contributed by atoms with Gasteiger partial charge in [0.2, 0.25) is 0 Å². The molecule has 0 bridgehead atoms. The predicted molar refractivity (Wildman–Crippen MR) is 89.9 cm³/mol. The molecule has 0 aliphatic rings. The van der Waals surface area contributed by atoms with E-state index in [0.717, 1.165) is 17.9 Å². The summed E-state index contributed by atoms with van der Waals surface area (Å²) in [6.45, 7) is 1.46. The lowest BCUT2D eigenvalue weighted by Gasteiger charge is -2.23. The maximum absolute atomic E-state index is 11.3. The molecule has 7 heteroatoms. The molecule has 0 spiro atoms. The van der Waals surface area contributed by atoms with Gasteiger partial charge in [0, 0.05) is 30.5 Å². The average molecular weight is 340 g/mol. The Morgan fingerprint density at radius 2 is 2.00 bits per heavy atom. The Morgan fingerprint density at radius 1 is 1.27 bits per heavy atom. The third-order valence-electron chi connectivity index (χ3n) is 3.05. The van der Waals surface area contributed by atoms with Crippen LogP contribution in [0, 0.1) is 0 Å². The Kier molecular flexibility index (Phi) is 5.93. The fourth-order valence-electron chi connectivity index (χ4n) is 2.11. The van der Waals surface area contributed by atoms with Crippen molar-refractivity contribution in [3.63, 3.8) is 0 Å². The second-order valence-corrected chi connectivity index (χ2v) is 8.22. The van der Waals surface area contributed by atoms with E-state index in [1.165, 1.54) is 17.6 Å². The molecular formula is C15H20N2O3S2. The minimum absolute atomic E-state index is 0.0142. The monoisotopic (exact) mass is 340 g/mol. The molecule has 0 aliphatic heterocycles. The normalized spacial score (nSPS) is 11.5. The second kappa shape index (κ2) is 7.71. The van der Waals surface area contributed by atoms with Crippen LogP contribution in [0.4, 0.5) is 5.69 Å². The summed E-state index contributed by atoms with van der Waals surface area (Å²) in [6.07, 6.45) is 1.89. The molecule has 120 valence electrons. The van der Waals surface area contributed by atoms with Gasteiger partial charge in [0.15, 0.2) is 9.84 Å². The van der Waals surface area contributed by atoms with Crippen molar-refractivity contribution in [3.05, 3.63) is 46.4 Å². The minimum Gasteiger partial charge on any atom is -0.396 e. The summed E-state index contributed by atoms with van der Waals surface area (Å²) in [5, 5.41) is 11.6. The fraction of sp³-hybridized carbons (Fsp3) is 0.400. The Balaban J connectivity index is 2.10. The van der Waals surface area contributed by atoms with E-state index in [9.17, 15) is 8.42 Å². The van der Waals surface area contributed by atoms with Crippen molar-refractivity contribution in [2.24, 2.45) is 0 Å². The number of hydrogen-bond donors (Lipinski definition) is 1. The third-order valence-corrected chi connectivity index (χ3v) is 4.92. The molecule has 1 aromatic heterocycles. The lowest BCUT2D eigenvalue weighted by atomic mass is 10.2. The number of aliphatic hydroxyl groups is 1. The lowest BCUT2D eigenvalue weighted by Crippen LogP contribution is -2.24. The van der Waals surface area contributed by atoms with Gasteiger partial charge >= 0.3 is 0 Å². The maximum Gasteiger partial charge on any atom is 0.153 e. The number of hydrogen-bond acceptors (Lipinski definition) is 6. The Labute approximate surface area is 135 Å². The molecule has 0 atom stereocenters. The molecule has 2 aromatic rings. The van der Waals surface area contributed by atoms with E-state index in [2.05, 4.69) is 9.88 Å². The van der Waals surface area contributed by atoms with Crippen LogP contribution in [0.1, 0.15) is 17.1 Å². The number of rotatable bonds is 8. The molecule has 0 fully saturated rings. The van der Waals surface area contributed by atoms with Gasteiger partial charge in [-0.05, 0) is 18.6 Å². The van der Waals surface area contributed by atoms with Gasteiger partial charge in [-0.2, -0.15) is 0 Å². The summed E-state index contributed by atoms with van der Waals surface area (Å²) < 4.78 is 22.6. The highest BCUT2D eigenvalue weighted by atomic mass is 32.2. The van der Waals surface area contributed by atoms with E-state index >= 15 is 0 Å². The summed E-state index contributed by atoms with van der Waals surface area (Å²) in [6, 6.07) is 9.93. The average Bonchev–Trinajstić information content (AvgIpc) is 2.89. The maximum atomic E-state index is 11.3. The van der Waals surface area contributed by atoms with Gasteiger partial charge in [0.25, 0.3) is 0 Å². The van der Waals surface area contributed by atoms with E-state index in [1.807, 2.05) is 35.7 Å². The molecule has 0 saturated heterocycles. The lowest BCUT2D eigenvalue weighted by molar-refractivity contribution is 0.289. The van der Waals surface area contributed by atoms with Crippen molar-refractivity contribution in [2.75, 3.05) is 24.3 Å². The number of aliphatic hydroxyl groups excluding tert-OH is 1. The van der Waals surface area contributed by atoms with Gasteiger partial charge in [-0.25, -0.2) is 13.4 Å². The first-order valence-corrected chi connectivity index (χ1v) is 9.94. The molecule has 0 amide bonds. The first-order valence-electron chi connectivity index (χ1n) is 7.00. The molecule has 2 rings (SSSR count). The molecular weight excluding hydrogens is 320 g/mol. The van der Waals surface area contributed by atoms with E-state index in [4.69, 9.17) is 5.11 Å². The fourth-order valence-corrected chi connectivity index (χ4v) is 4.10. The van der Waals surface area contributed by atoms with Crippen LogP contribution in [-0.2, 0) is 22.1 Å². The molecule has 1 aromatic carbocycles. The summed E-state index contributed by atoms with van der Waals surface area (Å²) in [5.41, 5.74) is 1.92. The number of benzene rings is 1. The Hall–Kier alpha value is -1.44. The third kappa shape index (κ3) is 5.40. The van der Waals surface area contributed by atoms with Crippen molar-refractivity contribution in [3.8, 4) is 0 Å². The van der Waals surface area contributed by atoms with Crippen molar-refractivity contribution < 1.29 is 13.5 Å². The van der Waals surface area contributed by atoms with E-state index in [-0.39, 0.29) is 12.4 Å². The quantitative estimate of drug-likeness (QED) is 0.797. The van der Waals surface area contributed by atoms with Gasteiger partial charge in [0.1, 0.15) is 10.8 Å². The minimum atomic E-state index is -3.06. The van der Waals surface area contributed by atoms with Gasteiger partial charge < -0.3 is 10.0 Å². The highest BCUT2D eigenvalue weighted by Gasteiger charge is 2.12. The predicted octanol–water partition coefficient (Wildman–Crippen LogP) is 2.08. The standard InChI is InChI=1S/C15H20N2O3S2/c1-22(19,20)12-15-16-13(11-21-15)10-17(8-5-9-18)14-6-3-2-4-7-14/h2-4,6-7,11,18H,5,8-10,12H2,1H3. The molecule has 0 unspecified atom stereocenters. The summed E-state index contributed by atoms with van der Waals surface area (Å²) in [5.74, 6) is -0.0142. The molecule has 0 aliphatic carbocycles. The van der Waals surface area contributed by atoms with Crippen LogP contribution in [0.15, 0.2) is 35.7 Å². The zero-order valence-corrected chi connectivity index (χ0v) is 14.1.